The fourth-order valence-electron chi connectivity index (χ4n) is 3.40. The molecular formula is C20H18FN3O2. The van der Waals surface area contributed by atoms with E-state index in [9.17, 15) is 9.18 Å². The molecule has 1 N–H and O–H groups in total. The van der Waals surface area contributed by atoms with E-state index in [4.69, 9.17) is 10.1 Å². The zero-order valence-corrected chi connectivity index (χ0v) is 14.1. The van der Waals surface area contributed by atoms with Crippen LogP contribution in [0.15, 0.2) is 48.8 Å². The minimum atomic E-state index is -0.713. The molecule has 0 amide bonds. The Morgan fingerprint density at radius 2 is 1.88 bits per heavy atom. The van der Waals surface area contributed by atoms with Gasteiger partial charge in [0, 0.05) is 30.2 Å². The van der Waals surface area contributed by atoms with Crippen LogP contribution in [-0.2, 0) is 4.79 Å². The molecule has 1 saturated heterocycles. The van der Waals surface area contributed by atoms with Gasteiger partial charge in [0.15, 0.2) is 0 Å². The summed E-state index contributed by atoms with van der Waals surface area (Å²) in [5.74, 6) is -0.466. The van der Waals surface area contributed by atoms with Crippen LogP contribution in [0.3, 0.4) is 0 Å². The normalized spacial score (nSPS) is 15.3. The number of anilines is 1. The average Bonchev–Trinajstić information content (AvgIpc) is 2.67. The van der Waals surface area contributed by atoms with Crippen LogP contribution in [-0.4, -0.2) is 34.1 Å². The molecule has 0 radical (unpaired) electrons. The Morgan fingerprint density at radius 1 is 1.08 bits per heavy atom. The van der Waals surface area contributed by atoms with Crippen LogP contribution in [0.5, 0.6) is 0 Å². The SMILES string of the molecule is O=C(O)C1CCN(c2ccc3cc(-c4cncc(F)c4)ccc3n2)CC1. The third kappa shape index (κ3) is 3.22. The second kappa shape index (κ2) is 6.71. The highest BCUT2D eigenvalue weighted by molar-refractivity contribution is 5.85. The third-order valence-corrected chi connectivity index (χ3v) is 4.88. The van der Waals surface area contributed by atoms with Crippen LogP contribution in [0.1, 0.15) is 12.8 Å². The highest BCUT2D eigenvalue weighted by atomic mass is 19.1. The molecule has 1 aliphatic rings. The first kappa shape index (κ1) is 16.4. The Bertz CT molecular complexity index is 968. The summed E-state index contributed by atoms with van der Waals surface area (Å²) in [5.41, 5.74) is 2.48. The molecule has 0 atom stereocenters. The maximum Gasteiger partial charge on any atom is 0.306 e. The van der Waals surface area contributed by atoms with Gasteiger partial charge in [0.1, 0.15) is 11.6 Å². The number of carboxylic acids is 1. The molecule has 0 spiro atoms. The van der Waals surface area contributed by atoms with Crippen molar-refractivity contribution in [1.82, 2.24) is 9.97 Å². The number of aromatic nitrogens is 2. The lowest BCUT2D eigenvalue weighted by Crippen LogP contribution is -2.36. The quantitative estimate of drug-likeness (QED) is 0.779. The first-order valence-corrected chi connectivity index (χ1v) is 8.59. The van der Waals surface area contributed by atoms with Gasteiger partial charge in [0.25, 0.3) is 0 Å². The summed E-state index contributed by atoms with van der Waals surface area (Å²) in [4.78, 5) is 21.8. The molecule has 3 heterocycles. The number of carboxylic acid groups (broad SMARTS) is 1. The summed E-state index contributed by atoms with van der Waals surface area (Å²) in [6.45, 7) is 1.39. The minimum absolute atomic E-state index is 0.255. The fourth-order valence-corrected chi connectivity index (χ4v) is 3.40. The highest BCUT2D eigenvalue weighted by Gasteiger charge is 2.25. The smallest absolute Gasteiger partial charge is 0.306 e. The predicted octanol–water partition coefficient (Wildman–Crippen LogP) is 3.74. The third-order valence-electron chi connectivity index (χ3n) is 4.88. The van der Waals surface area contributed by atoms with Gasteiger partial charge in [0.05, 0.1) is 17.6 Å². The number of hydrogen-bond acceptors (Lipinski definition) is 4. The number of benzene rings is 1. The molecule has 0 bridgehead atoms. The van der Waals surface area contributed by atoms with Crippen molar-refractivity contribution in [3.05, 3.63) is 54.6 Å². The molecular weight excluding hydrogens is 333 g/mol. The molecule has 0 saturated carbocycles. The molecule has 132 valence electrons. The van der Waals surface area contributed by atoms with E-state index in [1.807, 2.05) is 30.3 Å². The van der Waals surface area contributed by atoms with Crippen molar-refractivity contribution in [2.24, 2.45) is 5.92 Å². The number of carbonyl (C=O) groups is 1. The topological polar surface area (TPSA) is 66.3 Å². The molecule has 1 aromatic carbocycles. The molecule has 6 heteroatoms. The van der Waals surface area contributed by atoms with Gasteiger partial charge in [-0.15, -0.1) is 0 Å². The van der Waals surface area contributed by atoms with Gasteiger partial charge >= 0.3 is 5.97 Å². The number of halogens is 1. The summed E-state index contributed by atoms with van der Waals surface area (Å²) >= 11 is 0. The van der Waals surface area contributed by atoms with Gasteiger partial charge < -0.3 is 10.0 Å². The van der Waals surface area contributed by atoms with E-state index in [1.54, 1.807) is 6.20 Å². The number of pyridine rings is 2. The van der Waals surface area contributed by atoms with Crippen molar-refractivity contribution >= 4 is 22.7 Å². The number of hydrogen-bond donors (Lipinski definition) is 1. The van der Waals surface area contributed by atoms with Crippen LogP contribution < -0.4 is 4.90 Å². The second-order valence-corrected chi connectivity index (χ2v) is 6.57. The summed E-state index contributed by atoms with van der Waals surface area (Å²) in [6, 6.07) is 11.2. The van der Waals surface area contributed by atoms with E-state index in [1.165, 1.54) is 12.3 Å². The summed E-state index contributed by atoms with van der Waals surface area (Å²) < 4.78 is 13.4. The molecule has 0 unspecified atom stereocenters. The lowest BCUT2D eigenvalue weighted by atomic mass is 9.97. The van der Waals surface area contributed by atoms with Crippen LogP contribution in [0.4, 0.5) is 10.2 Å². The first-order valence-electron chi connectivity index (χ1n) is 8.59. The Morgan fingerprint density at radius 3 is 2.62 bits per heavy atom. The molecule has 4 rings (SSSR count). The lowest BCUT2D eigenvalue weighted by Gasteiger charge is -2.31. The van der Waals surface area contributed by atoms with Crippen molar-refractivity contribution in [3.8, 4) is 11.1 Å². The maximum atomic E-state index is 13.4. The average molecular weight is 351 g/mol. The van der Waals surface area contributed by atoms with Gasteiger partial charge in [-0.25, -0.2) is 9.37 Å². The summed E-state index contributed by atoms with van der Waals surface area (Å²) in [6.07, 6.45) is 4.10. The van der Waals surface area contributed by atoms with Crippen LogP contribution in [0, 0.1) is 11.7 Å². The maximum absolute atomic E-state index is 13.4. The first-order chi connectivity index (χ1) is 12.6. The zero-order chi connectivity index (χ0) is 18.1. The van der Waals surface area contributed by atoms with E-state index in [0.29, 0.717) is 25.9 Å². The monoisotopic (exact) mass is 351 g/mol. The fraction of sp³-hybridized carbons (Fsp3) is 0.250. The van der Waals surface area contributed by atoms with Crippen molar-refractivity contribution in [2.75, 3.05) is 18.0 Å². The van der Waals surface area contributed by atoms with E-state index in [-0.39, 0.29) is 11.7 Å². The van der Waals surface area contributed by atoms with Gasteiger partial charge in [-0.3, -0.25) is 9.78 Å². The van der Waals surface area contributed by atoms with E-state index < -0.39 is 5.97 Å². The van der Waals surface area contributed by atoms with Gasteiger partial charge in [-0.1, -0.05) is 6.07 Å². The number of rotatable bonds is 3. The zero-order valence-electron chi connectivity index (χ0n) is 14.1. The van der Waals surface area contributed by atoms with Gasteiger partial charge in [-0.05, 0) is 48.7 Å². The van der Waals surface area contributed by atoms with Crippen molar-refractivity contribution in [1.29, 1.82) is 0 Å². The number of fused-ring (bicyclic) bond motifs is 1. The van der Waals surface area contributed by atoms with Crippen molar-refractivity contribution in [3.63, 3.8) is 0 Å². The Labute approximate surface area is 150 Å². The molecule has 2 aromatic heterocycles. The number of nitrogens with zero attached hydrogens (tertiary/aromatic N) is 3. The lowest BCUT2D eigenvalue weighted by molar-refractivity contribution is -0.142. The molecule has 1 aliphatic heterocycles. The second-order valence-electron chi connectivity index (χ2n) is 6.57. The Balaban J connectivity index is 1.59. The largest absolute Gasteiger partial charge is 0.481 e. The number of piperidine rings is 1. The summed E-state index contributed by atoms with van der Waals surface area (Å²) in [5, 5.41) is 10.1. The number of aliphatic carboxylic acids is 1. The van der Waals surface area contributed by atoms with Crippen molar-refractivity contribution in [2.45, 2.75) is 12.8 Å². The summed E-state index contributed by atoms with van der Waals surface area (Å²) in [7, 11) is 0. The molecule has 1 fully saturated rings. The van der Waals surface area contributed by atoms with Crippen LogP contribution >= 0.6 is 0 Å². The van der Waals surface area contributed by atoms with E-state index in [0.717, 1.165) is 27.8 Å². The minimum Gasteiger partial charge on any atom is -0.481 e. The van der Waals surface area contributed by atoms with Crippen molar-refractivity contribution < 1.29 is 14.3 Å². The van der Waals surface area contributed by atoms with E-state index in [2.05, 4.69) is 9.88 Å². The predicted molar refractivity (Wildman–Crippen MR) is 97.5 cm³/mol. The van der Waals surface area contributed by atoms with Gasteiger partial charge in [0.2, 0.25) is 0 Å². The molecule has 26 heavy (non-hydrogen) atoms. The Hall–Kier alpha value is -3.02. The Kier molecular flexibility index (Phi) is 4.24. The molecule has 5 nitrogen and oxygen atoms in total. The van der Waals surface area contributed by atoms with E-state index >= 15 is 0 Å². The van der Waals surface area contributed by atoms with Crippen LogP contribution in [0.25, 0.3) is 22.0 Å². The van der Waals surface area contributed by atoms with Crippen LogP contribution in [0.2, 0.25) is 0 Å². The van der Waals surface area contributed by atoms with Gasteiger partial charge in [-0.2, -0.15) is 0 Å². The standard InChI is InChI=1S/C20H18FN3O2/c21-17-10-16(11-22-12-17)14-1-3-18-15(9-14)2-4-19(23-18)24-7-5-13(6-8-24)20(25)26/h1-4,9-13H,5-8H2,(H,25,26). The molecule has 3 aromatic rings. The highest BCUT2D eigenvalue weighted by Crippen LogP contribution is 2.27. The molecule has 0 aliphatic carbocycles.